The number of methoxy groups -OCH3 is 1. The molecular weight excluding hydrogens is 691 g/mol. The van der Waals surface area contributed by atoms with E-state index < -0.39 is 12.1 Å². The Balaban J connectivity index is 1.03. The number of carbonyl (C=O) groups is 3. The topological polar surface area (TPSA) is 136 Å². The summed E-state index contributed by atoms with van der Waals surface area (Å²) in [5.41, 5.74) is 9.75. The lowest BCUT2D eigenvalue weighted by Crippen LogP contribution is -2.51. The highest BCUT2D eigenvalue weighted by molar-refractivity contribution is 5.86. The molecule has 11 heteroatoms. The predicted molar refractivity (Wildman–Crippen MR) is 212 cm³/mol. The summed E-state index contributed by atoms with van der Waals surface area (Å²) >= 11 is 0. The Kier molecular flexibility index (Phi) is 10.3. The molecule has 0 spiro atoms. The van der Waals surface area contributed by atoms with Gasteiger partial charge in [0, 0.05) is 25.1 Å². The van der Waals surface area contributed by atoms with E-state index in [4.69, 9.17) is 14.7 Å². The fourth-order valence-electron chi connectivity index (χ4n) is 9.81. The summed E-state index contributed by atoms with van der Waals surface area (Å²) in [7, 11) is 1.31. The van der Waals surface area contributed by atoms with Gasteiger partial charge in [0.25, 0.3) is 0 Å². The van der Waals surface area contributed by atoms with Crippen molar-refractivity contribution in [2.24, 2.45) is 11.8 Å². The average molecular weight is 746 g/mol. The number of alkyl carbamates (subject to hydrolysis) is 1. The average Bonchev–Trinajstić information content (AvgIpc) is 4.03. The van der Waals surface area contributed by atoms with Crippen molar-refractivity contribution in [3.63, 3.8) is 0 Å². The van der Waals surface area contributed by atoms with E-state index in [0.717, 1.165) is 60.8 Å². The van der Waals surface area contributed by atoms with Gasteiger partial charge in [-0.1, -0.05) is 64.1 Å². The van der Waals surface area contributed by atoms with Crippen molar-refractivity contribution in [1.82, 2.24) is 35.1 Å². The molecule has 2 bridgehead atoms. The molecular formula is C44H55N7O4. The summed E-state index contributed by atoms with van der Waals surface area (Å²) in [4.78, 5) is 59.5. The van der Waals surface area contributed by atoms with E-state index in [9.17, 15) is 14.4 Å². The number of H-pyrrole nitrogens is 2. The van der Waals surface area contributed by atoms with Crippen LogP contribution >= 0.6 is 0 Å². The molecule has 290 valence electrons. The molecule has 2 aliphatic heterocycles. The van der Waals surface area contributed by atoms with Crippen LogP contribution in [0.25, 0.3) is 33.6 Å². The molecule has 11 nitrogen and oxygen atoms in total. The third-order valence-corrected chi connectivity index (χ3v) is 12.5. The van der Waals surface area contributed by atoms with Gasteiger partial charge >= 0.3 is 6.09 Å². The predicted octanol–water partition coefficient (Wildman–Crippen LogP) is 8.64. The molecule has 0 radical (unpaired) electrons. The number of benzene rings is 2. The molecule has 4 heterocycles. The number of aromatic nitrogens is 4. The van der Waals surface area contributed by atoms with E-state index in [0.29, 0.717) is 30.7 Å². The lowest BCUT2D eigenvalue weighted by Gasteiger charge is -2.41. The van der Waals surface area contributed by atoms with Crippen LogP contribution in [0.2, 0.25) is 0 Å². The fourth-order valence-corrected chi connectivity index (χ4v) is 9.81. The zero-order valence-corrected chi connectivity index (χ0v) is 32.9. The van der Waals surface area contributed by atoms with E-state index in [1.807, 2.05) is 36.0 Å². The molecule has 5 aliphatic rings. The lowest BCUT2D eigenvalue weighted by molar-refractivity contribution is -0.135. The number of nitrogens with zero attached hydrogens (tertiary/aromatic N) is 4. The van der Waals surface area contributed by atoms with E-state index >= 15 is 0 Å². The number of hydrogen-bond donors (Lipinski definition) is 3. The van der Waals surface area contributed by atoms with Gasteiger partial charge in [-0.25, -0.2) is 14.8 Å². The Morgan fingerprint density at radius 2 is 1.29 bits per heavy atom. The van der Waals surface area contributed by atoms with Crippen molar-refractivity contribution in [3.8, 4) is 33.6 Å². The van der Waals surface area contributed by atoms with Gasteiger partial charge in [-0.05, 0) is 103 Å². The molecule has 3 amide bonds. The van der Waals surface area contributed by atoms with Gasteiger partial charge in [0.15, 0.2) is 0 Å². The minimum Gasteiger partial charge on any atom is -0.453 e. The maximum atomic E-state index is 13.6. The van der Waals surface area contributed by atoms with Crippen LogP contribution in [-0.4, -0.2) is 73.9 Å². The standard InChI is InChI=1S/C44H55N7O4/c1-25(2)22-37(52)50-20-6-8-35(50)41-46-24-34(48-41)32-19-18-31(38-29-14-16-30(17-15-29)39(32)38)27-10-12-28(13-11-27)33-23-45-42(47-33)36-9-7-21-51(36)43(53)40(26(3)4)49-44(54)55-5/h10-13,18-19,23-26,29-30,35-36,40H,6-9,14-17,20-22H2,1-5H3,(H,45,47)(H,46,48)(H,49,54). The number of aromatic amines is 2. The summed E-state index contributed by atoms with van der Waals surface area (Å²) in [6.07, 6.45) is 12.3. The van der Waals surface area contributed by atoms with Crippen LogP contribution in [0, 0.1) is 11.8 Å². The molecule has 2 aromatic heterocycles. The molecule has 3 N–H and O–H groups in total. The van der Waals surface area contributed by atoms with Crippen LogP contribution in [0.4, 0.5) is 4.79 Å². The SMILES string of the molecule is COC(=O)NC(C(=O)N1CCCC1c1ncc(-c2ccc(-c3ccc(-c4cnc(C5CCCN5C(=O)CC(C)C)[nH]4)c4c3C3CCC4CC3)cc2)[nH]1)C(C)C. The van der Waals surface area contributed by atoms with Crippen LogP contribution in [0.1, 0.15) is 132 Å². The molecule has 1 saturated carbocycles. The molecule has 3 fully saturated rings. The Bertz CT molecular complexity index is 2040. The summed E-state index contributed by atoms with van der Waals surface area (Å²) in [5.74, 6) is 3.11. The number of rotatable bonds is 10. The number of nitrogens with one attached hydrogen (secondary N) is 3. The van der Waals surface area contributed by atoms with Crippen molar-refractivity contribution in [2.75, 3.05) is 20.2 Å². The smallest absolute Gasteiger partial charge is 0.407 e. The second kappa shape index (κ2) is 15.3. The Hall–Kier alpha value is -4.93. The van der Waals surface area contributed by atoms with Gasteiger partial charge in [-0.15, -0.1) is 0 Å². The number of carbonyl (C=O) groups excluding carboxylic acids is 3. The molecule has 2 aromatic carbocycles. The first kappa shape index (κ1) is 37.0. The van der Waals surface area contributed by atoms with Crippen molar-refractivity contribution < 1.29 is 19.1 Å². The number of amides is 3. The van der Waals surface area contributed by atoms with Gasteiger partial charge in [-0.3, -0.25) is 9.59 Å². The highest BCUT2D eigenvalue weighted by atomic mass is 16.5. The van der Waals surface area contributed by atoms with Crippen molar-refractivity contribution in [2.45, 2.75) is 115 Å². The van der Waals surface area contributed by atoms with Crippen LogP contribution in [0.15, 0.2) is 48.8 Å². The maximum Gasteiger partial charge on any atom is 0.407 e. The van der Waals surface area contributed by atoms with Gasteiger partial charge in [0.05, 0.1) is 43.0 Å². The third-order valence-electron chi connectivity index (χ3n) is 12.5. The van der Waals surface area contributed by atoms with Gasteiger partial charge in [0.1, 0.15) is 17.7 Å². The zero-order valence-electron chi connectivity index (χ0n) is 32.9. The summed E-state index contributed by atoms with van der Waals surface area (Å²) in [6, 6.07) is 12.5. The monoisotopic (exact) mass is 745 g/mol. The number of ether oxygens (including phenoxy) is 1. The molecule has 2 saturated heterocycles. The van der Waals surface area contributed by atoms with Crippen molar-refractivity contribution in [3.05, 3.63) is 71.6 Å². The van der Waals surface area contributed by atoms with Gasteiger partial charge < -0.3 is 29.8 Å². The molecule has 55 heavy (non-hydrogen) atoms. The molecule has 4 aromatic rings. The number of hydrogen-bond acceptors (Lipinski definition) is 6. The zero-order chi connectivity index (χ0) is 38.4. The molecule has 3 aliphatic carbocycles. The highest BCUT2D eigenvalue weighted by Crippen LogP contribution is 2.55. The van der Waals surface area contributed by atoms with E-state index in [1.54, 1.807) is 0 Å². The summed E-state index contributed by atoms with van der Waals surface area (Å²) in [6.45, 7) is 9.47. The Morgan fingerprint density at radius 3 is 1.91 bits per heavy atom. The van der Waals surface area contributed by atoms with Gasteiger partial charge in [-0.2, -0.15) is 0 Å². The number of fused-ring (bicyclic) bond motifs is 2. The first-order chi connectivity index (χ1) is 26.6. The Labute approximate surface area is 324 Å². The first-order valence-corrected chi connectivity index (χ1v) is 20.4. The van der Waals surface area contributed by atoms with E-state index in [-0.39, 0.29) is 29.8 Å². The minimum atomic E-state index is -0.670. The molecule has 9 rings (SSSR count). The third kappa shape index (κ3) is 7.06. The van der Waals surface area contributed by atoms with Crippen molar-refractivity contribution >= 4 is 17.9 Å². The fraction of sp³-hybridized carbons (Fsp3) is 0.523. The van der Waals surface area contributed by atoms with Crippen LogP contribution in [0.5, 0.6) is 0 Å². The lowest BCUT2D eigenvalue weighted by atomic mass is 9.64. The largest absolute Gasteiger partial charge is 0.453 e. The quantitative estimate of drug-likeness (QED) is 0.149. The van der Waals surface area contributed by atoms with Crippen LogP contribution < -0.4 is 5.32 Å². The maximum absolute atomic E-state index is 13.6. The number of imidazole rings is 2. The highest BCUT2D eigenvalue weighted by Gasteiger charge is 2.39. The van der Waals surface area contributed by atoms with Crippen molar-refractivity contribution in [1.29, 1.82) is 0 Å². The second-order valence-corrected chi connectivity index (χ2v) is 16.9. The van der Waals surface area contributed by atoms with Crippen LogP contribution in [0.3, 0.4) is 0 Å². The second-order valence-electron chi connectivity index (χ2n) is 16.9. The van der Waals surface area contributed by atoms with Gasteiger partial charge in [0.2, 0.25) is 11.8 Å². The molecule has 3 atom stereocenters. The molecule has 3 unspecified atom stereocenters. The minimum absolute atomic E-state index is 0.0168. The normalized spacial score (nSPS) is 22.4. The van der Waals surface area contributed by atoms with E-state index in [1.165, 1.54) is 60.6 Å². The van der Waals surface area contributed by atoms with Crippen LogP contribution in [-0.2, 0) is 14.3 Å². The summed E-state index contributed by atoms with van der Waals surface area (Å²) < 4.78 is 4.79. The van der Waals surface area contributed by atoms with E-state index in [2.05, 4.69) is 65.5 Å². The first-order valence-electron chi connectivity index (χ1n) is 20.4. The number of likely N-dealkylation sites (tertiary alicyclic amines) is 2. The summed E-state index contributed by atoms with van der Waals surface area (Å²) in [5, 5.41) is 2.73. The Morgan fingerprint density at radius 1 is 0.745 bits per heavy atom.